The second kappa shape index (κ2) is 7.09. The van der Waals surface area contributed by atoms with Crippen molar-refractivity contribution in [1.29, 1.82) is 0 Å². The summed E-state index contributed by atoms with van der Waals surface area (Å²) in [5, 5.41) is 0.996. The van der Waals surface area contributed by atoms with Crippen LogP contribution in [0.1, 0.15) is 24.5 Å². The van der Waals surface area contributed by atoms with Crippen molar-refractivity contribution in [2.75, 3.05) is 26.2 Å². The van der Waals surface area contributed by atoms with Crippen LogP contribution < -0.4 is 0 Å². The molecular weight excluding hydrogens is 355 g/mol. The molecule has 8 heteroatoms. The molecule has 1 atom stereocenters. The van der Waals surface area contributed by atoms with Gasteiger partial charge in [-0.25, -0.2) is 0 Å². The fraction of sp³-hybridized carbons (Fsp3) is 0.438. The molecule has 0 saturated carbocycles. The fourth-order valence-electron chi connectivity index (χ4n) is 2.87. The third-order valence-corrected chi connectivity index (χ3v) is 4.56. The van der Waals surface area contributed by atoms with Crippen molar-refractivity contribution in [3.63, 3.8) is 0 Å². The molecule has 128 valence electrons. The Morgan fingerprint density at radius 2 is 1.75 bits per heavy atom. The first-order valence-corrected chi connectivity index (χ1v) is 8.38. The van der Waals surface area contributed by atoms with Gasteiger partial charge in [-0.3, -0.25) is 19.3 Å². The second-order valence-electron chi connectivity index (χ2n) is 5.78. The highest BCUT2D eigenvalue weighted by Crippen LogP contribution is 2.28. The lowest BCUT2D eigenvalue weighted by Crippen LogP contribution is -2.47. The summed E-state index contributed by atoms with van der Waals surface area (Å²) in [4.78, 5) is 38.3. The molecular formula is C16H16Cl2N2O4. The summed E-state index contributed by atoms with van der Waals surface area (Å²) in [6, 6.07) is 5.13. The smallest absolute Gasteiger partial charge is 0.242 e. The van der Waals surface area contributed by atoms with E-state index < -0.39 is 0 Å². The Kier molecular flexibility index (Phi) is 5.08. The SMILES string of the molecule is O=C(CN1C(=O)CCC1=O)N1CCOC(c2cc(Cl)cc(Cl)c2)C1. The van der Waals surface area contributed by atoms with Gasteiger partial charge in [0.25, 0.3) is 0 Å². The average molecular weight is 371 g/mol. The van der Waals surface area contributed by atoms with Crippen LogP contribution >= 0.6 is 23.2 Å². The highest BCUT2D eigenvalue weighted by Gasteiger charge is 2.33. The molecule has 1 aromatic carbocycles. The van der Waals surface area contributed by atoms with E-state index in [1.807, 2.05) is 0 Å². The molecule has 1 unspecified atom stereocenters. The third kappa shape index (κ3) is 3.71. The van der Waals surface area contributed by atoms with Crippen molar-refractivity contribution in [3.05, 3.63) is 33.8 Å². The summed E-state index contributed by atoms with van der Waals surface area (Å²) >= 11 is 12.0. The Morgan fingerprint density at radius 1 is 1.12 bits per heavy atom. The van der Waals surface area contributed by atoms with Crippen molar-refractivity contribution in [1.82, 2.24) is 9.80 Å². The van der Waals surface area contributed by atoms with Gasteiger partial charge in [-0.2, -0.15) is 0 Å². The number of imide groups is 1. The molecule has 3 amide bonds. The van der Waals surface area contributed by atoms with Gasteiger partial charge < -0.3 is 9.64 Å². The lowest BCUT2D eigenvalue weighted by Gasteiger charge is -2.34. The number of nitrogens with zero attached hydrogens (tertiary/aromatic N) is 2. The topological polar surface area (TPSA) is 66.9 Å². The zero-order valence-electron chi connectivity index (χ0n) is 12.8. The minimum Gasteiger partial charge on any atom is -0.370 e. The molecule has 0 bridgehead atoms. The number of hydrogen-bond acceptors (Lipinski definition) is 4. The van der Waals surface area contributed by atoms with E-state index in [2.05, 4.69) is 0 Å². The molecule has 3 rings (SSSR count). The van der Waals surface area contributed by atoms with E-state index in [4.69, 9.17) is 27.9 Å². The first kappa shape index (κ1) is 17.2. The number of carbonyl (C=O) groups is 3. The monoisotopic (exact) mass is 370 g/mol. The summed E-state index contributed by atoms with van der Waals surface area (Å²) in [6.45, 7) is 0.898. The van der Waals surface area contributed by atoms with Crippen molar-refractivity contribution in [2.24, 2.45) is 0 Å². The van der Waals surface area contributed by atoms with E-state index >= 15 is 0 Å². The van der Waals surface area contributed by atoms with Crippen LogP contribution in [0, 0.1) is 0 Å². The fourth-order valence-corrected chi connectivity index (χ4v) is 3.42. The maximum Gasteiger partial charge on any atom is 0.242 e. The Bertz CT molecular complexity index is 658. The summed E-state index contributed by atoms with van der Waals surface area (Å²) in [5.41, 5.74) is 0.790. The average Bonchev–Trinajstić information content (AvgIpc) is 2.86. The second-order valence-corrected chi connectivity index (χ2v) is 6.65. The van der Waals surface area contributed by atoms with Gasteiger partial charge in [0.05, 0.1) is 13.2 Å². The number of rotatable bonds is 3. The predicted molar refractivity (Wildman–Crippen MR) is 87.7 cm³/mol. The number of halogens is 2. The van der Waals surface area contributed by atoms with Gasteiger partial charge in [-0.05, 0) is 23.8 Å². The van der Waals surface area contributed by atoms with Crippen molar-refractivity contribution < 1.29 is 19.1 Å². The molecule has 6 nitrogen and oxygen atoms in total. The Labute approximate surface area is 149 Å². The summed E-state index contributed by atoms with van der Waals surface area (Å²) < 4.78 is 5.71. The Morgan fingerprint density at radius 3 is 2.38 bits per heavy atom. The van der Waals surface area contributed by atoms with Gasteiger partial charge in [0.2, 0.25) is 17.7 Å². The number of hydrogen-bond donors (Lipinski definition) is 0. The molecule has 0 aliphatic carbocycles. The van der Waals surface area contributed by atoms with E-state index in [1.54, 1.807) is 23.1 Å². The Hall–Kier alpha value is -1.63. The molecule has 2 saturated heterocycles. The summed E-state index contributed by atoms with van der Waals surface area (Å²) in [7, 11) is 0. The quantitative estimate of drug-likeness (QED) is 0.763. The van der Waals surface area contributed by atoms with Crippen LogP contribution in [0.3, 0.4) is 0 Å². The highest BCUT2D eigenvalue weighted by atomic mass is 35.5. The minimum absolute atomic E-state index is 0.179. The number of morpholine rings is 1. The van der Waals surface area contributed by atoms with Gasteiger partial charge in [-0.1, -0.05) is 23.2 Å². The van der Waals surface area contributed by atoms with Crippen molar-refractivity contribution in [2.45, 2.75) is 18.9 Å². The van der Waals surface area contributed by atoms with Crippen LogP contribution in [0.25, 0.3) is 0 Å². The van der Waals surface area contributed by atoms with Crippen LogP contribution in [0.15, 0.2) is 18.2 Å². The van der Waals surface area contributed by atoms with E-state index in [0.717, 1.165) is 10.5 Å². The maximum atomic E-state index is 12.4. The van der Waals surface area contributed by atoms with Crippen LogP contribution in [0.2, 0.25) is 10.0 Å². The van der Waals surface area contributed by atoms with Crippen LogP contribution in [0.4, 0.5) is 0 Å². The predicted octanol–water partition coefficient (Wildman–Crippen LogP) is 2.04. The molecule has 2 aliphatic heterocycles. The van der Waals surface area contributed by atoms with E-state index in [-0.39, 0.29) is 43.2 Å². The molecule has 0 aromatic heterocycles. The zero-order chi connectivity index (χ0) is 17.3. The summed E-state index contributed by atoms with van der Waals surface area (Å²) in [5.74, 6) is -0.848. The Balaban J connectivity index is 1.67. The standard InChI is InChI=1S/C16H16Cl2N2O4/c17-11-5-10(6-12(18)7-11)13-8-19(3-4-24-13)16(23)9-20-14(21)1-2-15(20)22/h5-7,13H,1-4,8-9H2. The molecule has 2 heterocycles. The highest BCUT2D eigenvalue weighted by molar-refractivity contribution is 6.34. The third-order valence-electron chi connectivity index (χ3n) is 4.12. The molecule has 0 radical (unpaired) electrons. The lowest BCUT2D eigenvalue weighted by molar-refractivity contribution is -0.148. The lowest BCUT2D eigenvalue weighted by atomic mass is 10.1. The molecule has 0 N–H and O–H groups in total. The van der Waals surface area contributed by atoms with E-state index in [9.17, 15) is 14.4 Å². The first-order valence-electron chi connectivity index (χ1n) is 7.62. The van der Waals surface area contributed by atoms with Crippen LogP contribution in [-0.2, 0) is 19.1 Å². The first-order chi connectivity index (χ1) is 11.4. The van der Waals surface area contributed by atoms with Gasteiger partial charge in [0.1, 0.15) is 12.6 Å². The maximum absolute atomic E-state index is 12.4. The largest absolute Gasteiger partial charge is 0.370 e. The number of benzene rings is 1. The number of carbonyl (C=O) groups excluding carboxylic acids is 3. The van der Waals surface area contributed by atoms with Crippen LogP contribution in [-0.4, -0.2) is 53.8 Å². The summed E-state index contributed by atoms with van der Waals surface area (Å²) in [6.07, 6.45) is 0.0152. The molecule has 2 aliphatic rings. The molecule has 24 heavy (non-hydrogen) atoms. The van der Waals surface area contributed by atoms with Crippen LogP contribution in [0.5, 0.6) is 0 Å². The molecule has 1 aromatic rings. The van der Waals surface area contributed by atoms with Crippen molar-refractivity contribution in [3.8, 4) is 0 Å². The number of likely N-dealkylation sites (tertiary alicyclic amines) is 1. The van der Waals surface area contributed by atoms with E-state index in [1.165, 1.54) is 0 Å². The zero-order valence-corrected chi connectivity index (χ0v) is 14.3. The molecule has 0 spiro atoms. The van der Waals surface area contributed by atoms with Gasteiger partial charge in [0, 0.05) is 29.4 Å². The number of ether oxygens (including phenoxy) is 1. The van der Waals surface area contributed by atoms with E-state index in [0.29, 0.717) is 29.7 Å². The van der Waals surface area contributed by atoms with Crippen molar-refractivity contribution >= 4 is 40.9 Å². The molecule has 2 fully saturated rings. The van der Waals surface area contributed by atoms with Gasteiger partial charge in [0.15, 0.2) is 0 Å². The minimum atomic E-state index is -0.344. The normalized spacial score (nSPS) is 21.5. The van der Waals surface area contributed by atoms with Gasteiger partial charge >= 0.3 is 0 Å². The number of amides is 3. The van der Waals surface area contributed by atoms with Gasteiger partial charge in [-0.15, -0.1) is 0 Å².